The van der Waals surface area contributed by atoms with Crippen LogP contribution in [0.4, 0.5) is 0 Å². The van der Waals surface area contributed by atoms with Gasteiger partial charge in [0.05, 0.1) is 25.3 Å². The molecular weight excluding hydrogens is 488 g/mol. The summed E-state index contributed by atoms with van der Waals surface area (Å²) in [5.41, 5.74) is 4.47. The molecule has 2 aliphatic rings. The minimum Gasteiger partial charge on any atom is -0.497 e. The lowest BCUT2D eigenvalue weighted by Crippen LogP contribution is -2.48. The molecule has 2 aromatic carbocycles. The van der Waals surface area contributed by atoms with Gasteiger partial charge in [0.1, 0.15) is 18.1 Å². The van der Waals surface area contributed by atoms with Gasteiger partial charge < -0.3 is 19.1 Å². The molecule has 1 aromatic heterocycles. The van der Waals surface area contributed by atoms with Gasteiger partial charge in [-0.3, -0.25) is 9.78 Å². The highest BCUT2D eigenvalue weighted by atomic mass is 35.5. The van der Waals surface area contributed by atoms with Gasteiger partial charge in [0.15, 0.2) is 0 Å². The van der Waals surface area contributed by atoms with Crippen LogP contribution in [0.25, 0.3) is 5.57 Å². The summed E-state index contributed by atoms with van der Waals surface area (Å²) in [6.45, 7) is 2.94. The quantitative estimate of drug-likeness (QED) is 0.392. The van der Waals surface area contributed by atoms with Crippen molar-refractivity contribution < 1.29 is 19.0 Å². The van der Waals surface area contributed by atoms with Crippen LogP contribution >= 0.6 is 11.6 Å². The zero-order chi connectivity index (χ0) is 25.8. The highest BCUT2D eigenvalue weighted by Crippen LogP contribution is 2.39. The van der Waals surface area contributed by atoms with Crippen molar-refractivity contribution >= 4 is 23.1 Å². The molecule has 0 saturated carbocycles. The Labute approximate surface area is 222 Å². The van der Waals surface area contributed by atoms with Crippen molar-refractivity contribution in [1.82, 2.24) is 9.88 Å². The van der Waals surface area contributed by atoms with Gasteiger partial charge in [0, 0.05) is 28.9 Å². The molecule has 0 unspecified atom stereocenters. The van der Waals surface area contributed by atoms with Gasteiger partial charge in [-0.2, -0.15) is 0 Å². The number of likely N-dealkylation sites (tertiary alicyclic amines) is 1. The average Bonchev–Trinajstić information content (AvgIpc) is 3.10. The van der Waals surface area contributed by atoms with Crippen LogP contribution in [0.2, 0.25) is 5.02 Å². The van der Waals surface area contributed by atoms with Crippen LogP contribution in [-0.4, -0.2) is 49.7 Å². The van der Waals surface area contributed by atoms with E-state index >= 15 is 0 Å². The molecule has 192 valence electrons. The van der Waals surface area contributed by atoms with Crippen molar-refractivity contribution in [1.29, 1.82) is 0 Å². The Morgan fingerprint density at radius 3 is 2.62 bits per heavy atom. The highest BCUT2D eigenvalue weighted by molar-refractivity contribution is 6.30. The summed E-state index contributed by atoms with van der Waals surface area (Å²) in [6, 6.07) is 17.6. The number of piperidine rings is 1. The topological polar surface area (TPSA) is 60.9 Å². The smallest absolute Gasteiger partial charge is 0.316 e. The van der Waals surface area contributed by atoms with Gasteiger partial charge in [0.25, 0.3) is 0 Å². The number of carbonyl (C=O) groups excluding carboxylic acids is 1. The third-order valence-corrected chi connectivity index (χ3v) is 7.75. The van der Waals surface area contributed by atoms with Crippen molar-refractivity contribution in [3.05, 3.63) is 94.3 Å². The molecule has 3 aromatic rings. The number of nitrogens with zero attached hydrogens (tertiary/aromatic N) is 2. The number of methoxy groups -OCH3 is 2. The van der Waals surface area contributed by atoms with Crippen molar-refractivity contribution in [3.63, 3.8) is 0 Å². The van der Waals surface area contributed by atoms with Crippen LogP contribution in [0.5, 0.6) is 11.5 Å². The minimum atomic E-state index is -0.632. The fraction of sp³-hybridized carbons (Fsp3) is 0.333. The molecule has 1 saturated heterocycles. The lowest BCUT2D eigenvalue weighted by atomic mass is 9.72. The first-order valence-corrected chi connectivity index (χ1v) is 12.9. The molecule has 0 spiro atoms. The summed E-state index contributed by atoms with van der Waals surface area (Å²) < 4.78 is 16.8. The van der Waals surface area contributed by atoms with Crippen LogP contribution in [0, 0.1) is 0 Å². The zero-order valence-electron chi connectivity index (χ0n) is 21.2. The number of halogens is 1. The van der Waals surface area contributed by atoms with E-state index in [0.717, 1.165) is 65.5 Å². The first-order chi connectivity index (χ1) is 18.0. The van der Waals surface area contributed by atoms with Crippen molar-refractivity contribution in [2.45, 2.75) is 31.3 Å². The van der Waals surface area contributed by atoms with Crippen molar-refractivity contribution in [2.24, 2.45) is 0 Å². The number of carbonyl (C=O) groups is 1. The standard InChI is InChI=1S/C30H31ClN2O4/c1-35-23-11-12-28-26(19-23)24(25-5-3-15-32-27(25)20-37-28)6-4-16-33-17-13-30(14-18-33,29(34)36-2)21-7-9-22(31)10-8-21/h3,5-12,15,19H,4,13-14,16-18,20H2,1-2H3/b24-6+. The van der Waals surface area contributed by atoms with E-state index in [1.807, 2.05) is 48.5 Å². The van der Waals surface area contributed by atoms with E-state index < -0.39 is 5.41 Å². The molecule has 0 aliphatic carbocycles. The van der Waals surface area contributed by atoms with Gasteiger partial charge in [0.2, 0.25) is 0 Å². The van der Waals surface area contributed by atoms with Crippen LogP contribution in [0.15, 0.2) is 66.9 Å². The first-order valence-electron chi connectivity index (χ1n) is 12.6. The summed E-state index contributed by atoms with van der Waals surface area (Å²) in [6.07, 6.45) is 6.34. The van der Waals surface area contributed by atoms with Gasteiger partial charge in [-0.15, -0.1) is 0 Å². The Morgan fingerprint density at radius 1 is 1.11 bits per heavy atom. The SMILES string of the molecule is COC(=O)C1(c2ccc(Cl)cc2)CCN(CC/C=C2/c3cc(OC)ccc3OCc3ncccc32)CC1. The normalized spacial score (nSPS) is 17.8. The van der Waals surface area contributed by atoms with Crippen LogP contribution in [0.1, 0.15) is 41.6 Å². The molecule has 6 nitrogen and oxygen atoms in total. The maximum absolute atomic E-state index is 12.9. The number of pyridine rings is 1. The third-order valence-electron chi connectivity index (χ3n) is 7.50. The Hall–Kier alpha value is -3.35. The average molecular weight is 519 g/mol. The Morgan fingerprint density at radius 2 is 1.89 bits per heavy atom. The Bertz CT molecular complexity index is 1300. The van der Waals surface area contributed by atoms with E-state index in [-0.39, 0.29) is 5.97 Å². The number of esters is 1. The summed E-state index contributed by atoms with van der Waals surface area (Å²) in [5, 5.41) is 0.661. The molecule has 3 heterocycles. The summed E-state index contributed by atoms with van der Waals surface area (Å²) in [7, 11) is 3.14. The number of ether oxygens (including phenoxy) is 3. The lowest BCUT2D eigenvalue weighted by Gasteiger charge is -2.40. The van der Waals surface area contributed by atoms with E-state index in [1.54, 1.807) is 13.3 Å². The van der Waals surface area contributed by atoms with E-state index in [2.05, 4.69) is 22.0 Å². The van der Waals surface area contributed by atoms with Gasteiger partial charge in [-0.05, 0) is 79.9 Å². The van der Waals surface area contributed by atoms with Crippen LogP contribution in [-0.2, 0) is 21.6 Å². The second-order valence-corrected chi connectivity index (χ2v) is 9.91. The van der Waals surface area contributed by atoms with Crippen LogP contribution < -0.4 is 9.47 Å². The fourth-order valence-corrected chi connectivity index (χ4v) is 5.53. The van der Waals surface area contributed by atoms with Crippen molar-refractivity contribution in [2.75, 3.05) is 33.9 Å². The number of hydrogen-bond acceptors (Lipinski definition) is 6. The molecule has 37 heavy (non-hydrogen) atoms. The zero-order valence-corrected chi connectivity index (χ0v) is 22.0. The van der Waals surface area contributed by atoms with Crippen molar-refractivity contribution in [3.8, 4) is 11.5 Å². The molecular formula is C30H31ClN2O4. The maximum atomic E-state index is 12.9. The van der Waals surface area contributed by atoms with E-state index in [1.165, 1.54) is 7.11 Å². The van der Waals surface area contributed by atoms with Gasteiger partial charge in [-0.1, -0.05) is 35.9 Å². The number of hydrogen-bond donors (Lipinski definition) is 0. The predicted octanol–water partition coefficient (Wildman–Crippen LogP) is 5.66. The van der Waals surface area contributed by atoms with E-state index in [0.29, 0.717) is 24.5 Å². The second-order valence-electron chi connectivity index (χ2n) is 9.48. The largest absolute Gasteiger partial charge is 0.497 e. The first kappa shape index (κ1) is 25.3. The van der Waals surface area contributed by atoms with E-state index in [4.69, 9.17) is 25.8 Å². The number of aromatic nitrogens is 1. The lowest BCUT2D eigenvalue weighted by molar-refractivity contribution is -0.149. The number of rotatable bonds is 6. The van der Waals surface area contributed by atoms with Gasteiger partial charge in [-0.25, -0.2) is 0 Å². The molecule has 0 N–H and O–H groups in total. The van der Waals surface area contributed by atoms with Gasteiger partial charge >= 0.3 is 5.97 Å². The highest BCUT2D eigenvalue weighted by Gasteiger charge is 2.43. The third kappa shape index (κ3) is 5.09. The Balaban J connectivity index is 1.34. The molecule has 0 bridgehead atoms. The fourth-order valence-electron chi connectivity index (χ4n) is 5.41. The molecule has 0 atom stereocenters. The number of fused-ring (bicyclic) bond motifs is 2. The molecule has 5 rings (SSSR count). The maximum Gasteiger partial charge on any atom is 0.316 e. The Kier molecular flexibility index (Phi) is 7.49. The molecule has 1 fully saturated rings. The summed E-state index contributed by atoms with van der Waals surface area (Å²) >= 11 is 6.10. The molecule has 2 aliphatic heterocycles. The predicted molar refractivity (Wildman–Crippen MR) is 144 cm³/mol. The monoisotopic (exact) mass is 518 g/mol. The summed E-state index contributed by atoms with van der Waals surface area (Å²) in [5.74, 6) is 1.44. The molecule has 7 heteroatoms. The second kappa shape index (κ2) is 11.0. The van der Waals surface area contributed by atoms with Crippen LogP contribution in [0.3, 0.4) is 0 Å². The number of benzene rings is 2. The van der Waals surface area contributed by atoms with E-state index in [9.17, 15) is 4.79 Å². The summed E-state index contributed by atoms with van der Waals surface area (Å²) in [4.78, 5) is 19.9. The molecule has 0 amide bonds. The minimum absolute atomic E-state index is 0.176. The molecule has 0 radical (unpaired) electrons.